The molecule has 0 bridgehead atoms. The van der Waals surface area contributed by atoms with Gasteiger partial charge in [0, 0.05) is 6.07 Å². The van der Waals surface area contributed by atoms with Gasteiger partial charge in [0.25, 0.3) is 0 Å². The molecule has 0 radical (unpaired) electrons. The van der Waals surface area contributed by atoms with Crippen molar-refractivity contribution in [1.29, 1.82) is 0 Å². The highest BCUT2D eigenvalue weighted by Crippen LogP contribution is 2.15. The first-order chi connectivity index (χ1) is 9.94. The molecule has 2 aromatic heterocycles. The zero-order chi connectivity index (χ0) is 15.0. The molecule has 0 aliphatic heterocycles. The van der Waals surface area contributed by atoms with Crippen molar-refractivity contribution in [1.82, 2.24) is 19.8 Å². The van der Waals surface area contributed by atoms with Crippen molar-refractivity contribution in [2.24, 2.45) is 0 Å². The van der Waals surface area contributed by atoms with Crippen molar-refractivity contribution in [3.05, 3.63) is 46.2 Å². The molecule has 0 aliphatic rings. The van der Waals surface area contributed by atoms with Crippen LogP contribution in [0.4, 0.5) is 0 Å². The molecular weight excluding hydrogens is 296 g/mol. The Kier molecular flexibility index (Phi) is 3.15. The van der Waals surface area contributed by atoms with E-state index in [-0.39, 0.29) is 17.1 Å². The average molecular weight is 308 g/mol. The number of imidazole rings is 1. The van der Waals surface area contributed by atoms with Crippen LogP contribution in [-0.4, -0.2) is 23.5 Å². The summed E-state index contributed by atoms with van der Waals surface area (Å²) in [7, 11) is -3.70. The molecule has 0 spiro atoms. The van der Waals surface area contributed by atoms with Crippen molar-refractivity contribution >= 4 is 21.1 Å². The topological polar surface area (TPSA) is 121 Å². The third kappa shape index (κ3) is 2.73. The van der Waals surface area contributed by atoms with Crippen LogP contribution < -0.4 is 10.4 Å². The number of fused-ring (bicyclic) bond motifs is 1. The molecule has 110 valence electrons. The van der Waals surface area contributed by atoms with E-state index in [1.165, 1.54) is 18.2 Å². The number of benzene rings is 1. The Bertz CT molecular complexity index is 951. The minimum absolute atomic E-state index is 0.0291. The molecule has 0 fully saturated rings. The lowest BCUT2D eigenvalue weighted by molar-refractivity contribution is 0.390. The lowest BCUT2D eigenvalue weighted by atomic mass is 10.3. The number of sulfonamides is 1. The summed E-state index contributed by atoms with van der Waals surface area (Å²) in [5, 5.41) is 3.71. The fraction of sp³-hybridized carbons (Fsp3) is 0.167. The summed E-state index contributed by atoms with van der Waals surface area (Å²) in [5.41, 5.74) is 1.09. The molecule has 0 unspecified atom stereocenters. The number of nitrogens with zero attached hydrogens (tertiary/aromatic N) is 1. The fourth-order valence-electron chi connectivity index (χ4n) is 1.93. The minimum Gasteiger partial charge on any atom is -0.361 e. The van der Waals surface area contributed by atoms with Gasteiger partial charge in [0.15, 0.2) is 0 Å². The molecule has 21 heavy (non-hydrogen) atoms. The molecule has 0 saturated carbocycles. The van der Waals surface area contributed by atoms with Crippen molar-refractivity contribution in [2.45, 2.75) is 18.4 Å². The van der Waals surface area contributed by atoms with Gasteiger partial charge in [-0.15, -0.1) is 0 Å². The van der Waals surface area contributed by atoms with E-state index in [1.54, 1.807) is 13.0 Å². The normalized spacial score (nSPS) is 12.0. The largest absolute Gasteiger partial charge is 0.361 e. The predicted molar refractivity (Wildman–Crippen MR) is 74.2 cm³/mol. The Labute approximate surface area is 119 Å². The van der Waals surface area contributed by atoms with Gasteiger partial charge in [-0.1, -0.05) is 5.16 Å². The predicted octanol–water partition coefficient (Wildman–Crippen LogP) is 0.631. The molecular formula is C12H12N4O4S. The lowest BCUT2D eigenvalue weighted by Crippen LogP contribution is -2.23. The summed E-state index contributed by atoms with van der Waals surface area (Å²) in [5.74, 6) is 0.607. The lowest BCUT2D eigenvalue weighted by Gasteiger charge is -2.04. The number of hydrogen-bond donors (Lipinski definition) is 3. The number of aryl methyl sites for hydroxylation is 1. The Morgan fingerprint density at radius 1 is 1.24 bits per heavy atom. The van der Waals surface area contributed by atoms with E-state index in [0.29, 0.717) is 22.5 Å². The summed E-state index contributed by atoms with van der Waals surface area (Å²) >= 11 is 0. The van der Waals surface area contributed by atoms with Crippen LogP contribution in [0.2, 0.25) is 0 Å². The molecule has 0 amide bonds. The summed E-state index contributed by atoms with van der Waals surface area (Å²) in [6, 6.07) is 5.99. The second-order valence-corrected chi connectivity index (χ2v) is 6.31. The summed E-state index contributed by atoms with van der Waals surface area (Å²) in [4.78, 5) is 16.3. The summed E-state index contributed by atoms with van der Waals surface area (Å²) in [6.45, 7) is 1.75. The van der Waals surface area contributed by atoms with Crippen LogP contribution in [0, 0.1) is 6.92 Å². The Morgan fingerprint density at radius 2 is 2.00 bits per heavy atom. The molecule has 3 N–H and O–H groups in total. The third-order valence-electron chi connectivity index (χ3n) is 2.92. The van der Waals surface area contributed by atoms with E-state index < -0.39 is 10.0 Å². The molecule has 9 heteroatoms. The molecule has 8 nitrogen and oxygen atoms in total. The van der Waals surface area contributed by atoms with E-state index in [2.05, 4.69) is 19.8 Å². The zero-order valence-corrected chi connectivity index (χ0v) is 11.8. The minimum atomic E-state index is -3.70. The highest BCUT2D eigenvalue weighted by molar-refractivity contribution is 7.89. The molecule has 0 atom stereocenters. The maximum Gasteiger partial charge on any atom is 0.323 e. The first kappa shape index (κ1) is 13.6. The molecule has 0 saturated heterocycles. The van der Waals surface area contributed by atoms with E-state index in [9.17, 15) is 13.2 Å². The molecule has 2 heterocycles. The number of hydrogen-bond acceptors (Lipinski definition) is 5. The van der Waals surface area contributed by atoms with Crippen LogP contribution in [0.15, 0.2) is 38.5 Å². The summed E-state index contributed by atoms with van der Waals surface area (Å²) < 4.78 is 31.7. The number of H-pyrrole nitrogens is 2. The second-order valence-electron chi connectivity index (χ2n) is 4.54. The van der Waals surface area contributed by atoms with Gasteiger partial charge in [0.05, 0.1) is 28.2 Å². The number of rotatable bonds is 4. The SMILES string of the molecule is Cc1cc(CNS(=O)(=O)c2ccc3[nH]c(=O)[nH]c3c2)no1. The average Bonchev–Trinajstić information content (AvgIpc) is 3.00. The first-order valence-corrected chi connectivity index (χ1v) is 7.56. The fourth-order valence-corrected chi connectivity index (χ4v) is 2.96. The number of aromatic amines is 2. The molecule has 3 rings (SSSR count). The van der Waals surface area contributed by atoms with E-state index >= 15 is 0 Å². The van der Waals surface area contributed by atoms with Crippen LogP contribution in [0.3, 0.4) is 0 Å². The maximum atomic E-state index is 12.2. The smallest absolute Gasteiger partial charge is 0.323 e. The van der Waals surface area contributed by atoms with Crippen LogP contribution in [-0.2, 0) is 16.6 Å². The van der Waals surface area contributed by atoms with Gasteiger partial charge in [-0.05, 0) is 25.1 Å². The van der Waals surface area contributed by atoms with Crippen molar-refractivity contribution in [2.75, 3.05) is 0 Å². The molecule has 0 aliphatic carbocycles. The highest BCUT2D eigenvalue weighted by atomic mass is 32.2. The molecule has 1 aromatic carbocycles. The molecule has 3 aromatic rings. The Hall–Kier alpha value is -2.39. The van der Waals surface area contributed by atoms with Crippen molar-refractivity contribution in [3.8, 4) is 0 Å². The van der Waals surface area contributed by atoms with Gasteiger partial charge < -0.3 is 14.5 Å². The monoisotopic (exact) mass is 308 g/mol. The third-order valence-corrected chi connectivity index (χ3v) is 4.32. The van der Waals surface area contributed by atoms with Gasteiger partial charge in [-0.2, -0.15) is 0 Å². The van der Waals surface area contributed by atoms with Crippen molar-refractivity contribution in [3.63, 3.8) is 0 Å². The van der Waals surface area contributed by atoms with E-state index in [0.717, 1.165) is 0 Å². The van der Waals surface area contributed by atoms with Crippen LogP contribution in [0.25, 0.3) is 11.0 Å². The van der Waals surface area contributed by atoms with Gasteiger partial charge in [-0.3, -0.25) is 0 Å². The zero-order valence-electron chi connectivity index (χ0n) is 11.0. The van der Waals surface area contributed by atoms with Crippen LogP contribution >= 0.6 is 0 Å². The summed E-state index contributed by atoms with van der Waals surface area (Å²) in [6.07, 6.45) is 0. The number of aromatic nitrogens is 3. The van der Waals surface area contributed by atoms with Crippen LogP contribution in [0.5, 0.6) is 0 Å². The van der Waals surface area contributed by atoms with Gasteiger partial charge in [0.2, 0.25) is 10.0 Å². The van der Waals surface area contributed by atoms with Gasteiger partial charge >= 0.3 is 5.69 Å². The standard InChI is InChI=1S/C12H12N4O4S/c1-7-4-8(16-20-7)6-13-21(18,19)9-2-3-10-11(5-9)15-12(17)14-10/h2-5,13H,6H2,1H3,(H2,14,15,17). The van der Waals surface area contributed by atoms with E-state index in [1.807, 2.05) is 0 Å². The van der Waals surface area contributed by atoms with Gasteiger partial charge in [-0.25, -0.2) is 17.9 Å². The maximum absolute atomic E-state index is 12.2. The van der Waals surface area contributed by atoms with E-state index in [4.69, 9.17) is 4.52 Å². The quantitative estimate of drug-likeness (QED) is 0.653. The highest BCUT2D eigenvalue weighted by Gasteiger charge is 2.15. The first-order valence-electron chi connectivity index (χ1n) is 6.08. The van der Waals surface area contributed by atoms with Crippen molar-refractivity contribution < 1.29 is 12.9 Å². The van der Waals surface area contributed by atoms with Crippen LogP contribution in [0.1, 0.15) is 11.5 Å². The Balaban J connectivity index is 1.86. The number of nitrogens with one attached hydrogen (secondary N) is 3. The van der Waals surface area contributed by atoms with Gasteiger partial charge in [0.1, 0.15) is 5.76 Å². The Morgan fingerprint density at radius 3 is 2.71 bits per heavy atom. The second kappa shape index (κ2) is 4.86.